The normalized spacial score (nSPS) is 11.8. The summed E-state index contributed by atoms with van der Waals surface area (Å²) in [5, 5.41) is 2.20. The largest absolute Gasteiger partial charge is 0.437 e. The molecule has 0 spiro atoms. The fraction of sp³-hybridized carbons (Fsp3) is 0.304. The molecule has 0 radical (unpaired) electrons. The SMILES string of the molecule is Cc1ccc2c(n1)oc1c(-c3cc(C)c(C(C)C)c[n+]3C)c(C)ccc12. The zero-order valence-electron chi connectivity index (χ0n) is 16.3. The van der Waals surface area contributed by atoms with Gasteiger partial charge in [0, 0.05) is 28.1 Å². The lowest BCUT2D eigenvalue weighted by molar-refractivity contribution is -0.660. The number of rotatable bonds is 2. The Hall–Kier alpha value is -2.68. The fourth-order valence-electron chi connectivity index (χ4n) is 3.85. The molecule has 132 valence electrons. The molecule has 1 aromatic carbocycles. The Morgan fingerprint density at radius 1 is 0.962 bits per heavy atom. The average Bonchev–Trinajstić information content (AvgIpc) is 2.93. The maximum absolute atomic E-state index is 6.25. The maximum Gasteiger partial charge on any atom is 0.227 e. The molecule has 0 atom stereocenters. The molecule has 0 unspecified atom stereocenters. The molecule has 0 saturated heterocycles. The molecule has 0 aliphatic carbocycles. The van der Waals surface area contributed by atoms with Crippen molar-refractivity contribution in [1.82, 2.24) is 4.98 Å². The number of hydrogen-bond donors (Lipinski definition) is 0. The summed E-state index contributed by atoms with van der Waals surface area (Å²) in [6.45, 7) is 10.8. The van der Waals surface area contributed by atoms with Crippen LogP contribution in [0.1, 0.15) is 42.1 Å². The molecular formula is C23H25N2O+. The summed E-state index contributed by atoms with van der Waals surface area (Å²) in [6.07, 6.45) is 2.25. The summed E-state index contributed by atoms with van der Waals surface area (Å²) >= 11 is 0. The molecule has 0 aliphatic heterocycles. The van der Waals surface area contributed by atoms with Crippen molar-refractivity contribution in [2.24, 2.45) is 7.05 Å². The molecule has 26 heavy (non-hydrogen) atoms. The van der Waals surface area contributed by atoms with Crippen LogP contribution < -0.4 is 4.57 Å². The van der Waals surface area contributed by atoms with Crippen molar-refractivity contribution in [1.29, 1.82) is 0 Å². The van der Waals surface area contributed by atoms with Crippen LogP contribution in [-0.4, -0.2) is 4.98 Å². The second kappa shape index (κ2) is 5.94. The Morgan fingerprint density at radius 2 is 1.69 bits per heavy atom. The zero-order chi connectivity index (χ0) is 18.6. The number of furan rings is 1. The van der Waals surface area contributed by atoms with Gasteiger partial charge in [0.15, 0.2) is 11.8 Å². The zero-order valence-corrected chi connectivity index (χ0v) is 16.3. The molecule has 3 aromatic heterocycles. The number of benzene rings is 1. The Balaban J connectivity index is 2.07. The summed E-state index contributed by atoms with van der Waals surface area (Å²) < 4.78 is 8.47. The van der Waals surface area contributed by atoms with E-state index in [1.165, 1.54) is 22.4 Å². The minimum atomic E-state index is 0.505. The number of hydrogen-bond acceptors (Lipinski definition) is 2. The van der Waals surface area contributed by atoms with E-state index in [-0.39, 0.29) is 0 Å². The maximum atomic E-state index is 6.25. The first kappa shape index (κ1) is 16.8. The molecule has 3 heteroatoms. The first-order chi connectivity index (χ1) is 12.4. The highest BCUT2D eigenvalue weighted by Gasteiger charge is 2.22. The lowest BCUT2D eigenvalue weighted by Crippen LogP contribution is -2.32. The number of pyridine rings is 2. The molecule has 0 saturated carbocycles. The summed E-state index contributed by atoms with van der Waals surface area (Å²) in [6, 6.07) is 10.8. The van der Waals surface area contributed by atoms with Gasteiger partial charge in [-0.1, -0.05) is 26.0 Å². The minimum Gasteiger partial charge on any atom is -0.437 e. The molecular weight excluding hydrogens is 320 g/mol. The Kier molecular flexibility index (Phi) is 3.83. The van der Waals surface area contributed by atoms with Crippen LogP contribution in [0.25, 0.3) is 33.3 Å². The molecule has 0 amide bonds. The average molecular weight is 345 g/mol. The van der Waals surface area contributed by atoms with Gasteiger partial charge < -0.3 is 4.42 Å². The van der Waals surface area contributed by atoms with Crippen LogP contribution in [0.15, 0.2) is 40.9 Å². The van der Waals surface area contributed by atoms with E-state index < -0.39 is 0 Å². The van der Waals surface area contributed by atoms with Crippen molar-refractivity contribution in [2.45, 2.75) is 40.5 Å². The van der Waals surface area contributed by atoms with Gasteiger partial charge in [0.1, 0.15) is 7.05 Å². The molecule has 0 N–H and O–H groups in total. The van der Waals surface area contributed by atoms with Crippen molar-refractivity contribution < 1.29 is 8.98 Å². The van der Waals surface area contributed by atoms with E-state index >= 15 is 0 Å². The molecule has 3 heterocycles. The number of aromatic nitrogens is 2. The molecule has 0 bridgehead atoms. The highest BCUT2D eigenvalue weighted by atomic mass is 16.3. The number of nitrogens with zero attached hydrogens (tertiary/aromatic N) is 2. The van der Waals surface area contributed by atoms with Gasteiger partial charge in [-0.25, -0.2) is 9.55 Å². The van der Waals surface area contributed by atoms with E-state index in [9.17, 15) is 0 Å². The second-order valence-electron chi connectivity index (χ2n) is 7.60. The minimum absolute atomic E-state index is 0.505. The van der Waals surface area contributed by atoms with Gasteiger partial charge in [0.2, 0.25) is 11.4 Å². The monoisotopic (exact) mass is 345 g/mol. The van der Waals surface area contributed by atoms with E-state index in [4.69, 9.17) is 4.42 Å². The summed E-state index contributed by atoms with van der Waals surface area (Å²) in [7, 11) is 2.12. The Labute approximate surface area is 154 Å². The van der Waals surface area contributed by atoms with E-state index in [0.717, 1.165) is 27.6 Å². The Bertz CT molecular complexity index is 1150. The molecule has 0 aliphatic rings. The molecule has 0 fully saturated rings. The first-order valence-corrected chi connectivity index (χ1v) is 9.17. The topological polar surface area (TPSA) is 29.9 Å². The van der Waals surface area contributed by atoms with E-state index in [0.29, 0.717) is 11.6 Å². The predicted octanol–water partition coefficient (Wildman–Crippen LogP) is 5.52. The van der Waals surface area contributed by atoms with Crippen LogP contribution in [0.3, 0.4) is 0 Å². The number of fused-ring (bicyclic) bond motifs is 3. The van der Waals surface area contributed by atoms with Crippen molar-refractivity contribution >= 4 is 22.1 Å². The van der Waals surface area contributed by atoms with Gasteiger partial charge in [-0.3, -0.25) is 0 Å². The summed E-state index contributed by atoms with van der Waals surface area (Å²) in [4.78, 5) is 4.58. The molecule has 4 aromatic rings. The molecule has 3 nitrogen and oxygen atoms in total. The number of aryl methyl sites for hydroxylation is 4. The van der Waals surface area contributed by atoms with Crippen LogP contribution in [0.5, 0.6) is 0 Å². The van der Waals surface area contributed by atoms with Gasteiger partial charge >= 0.3 is 0 Å². The predicted molar refractivity (Wildman–Crippen MR) is 106 cm³/mol. The van der Waals surface area contributed by atoms with Gasteiger partial charge in [-0.2, -0.15) is 0 Å². The summed E-state index contributed by atoms with van der Waals surface area (Å²) in [5.74, 6) is 0.505. The van der Waals surface area contributed by atoms with Crippen molar-refractivity contribution in [3.05, 3.63) is 58.9 Å². The van der Waals surface area contributed by atoms with Crippen molar-refractivity contribution in [3.8, 4) is 11.3 Å². The van der Waals surface area contributed by atoms with E-state index in [1.54, 1.807) is 0 Å². The standard InChI is InChI=1S/C23H25N2O/c1-13(2)19-12-25(6)20(11-15(19)4)21-14(3)7-9-17-18-10-8-16(5)24-23(18)26-22(17)21/h7-13H,1-6H3/q+1. The van der Waals surface area contributed by atoms with Gasteiger partial charge in [0.05, 0.1) is 5.56 Å². The van der Waals surface area contributed by atoms with Crippen molar-refractivity contribution in [3.63, 3.8) is 0 Å². The first-order valence-electron chi connectivity index (χ1n) is 9.17. The van der Waals surface area contributed by atoms with Crippen LogP contribution in [0, 0.1) is 20.8 Å². The molecule has 4 rings (SSSR count). The van der Waals surface area contributed by atoms with Gasteiger partial charge in [-0.05, 0) is 49.9 Å². The second-order valence-corrected chi connectivity index (χ2v) is 7.60. The van der Waals surface area contributed by atoms with Crippen molar-refractivity contribution in [2.75, 3.05) is 0 Å². The third-order valence-electron chi connectivity index (χ3n) is 5.25. The van der Waals surface area contributed by atoms with E-state index in [2.05, 4.69) is 74.8 Å². The fourth-order valence-corrected chi connectivity index (χ4v) is 3.85. The van der Waals surface area contributed by atoms with Crippen LogP contribution in [-0.2, 0) is 7.05 Å². The highest BCUT2D eigenvalue weighted by molar-refractivity contribution is 6.08. The lowest BCUT2D eigenvalue weighted by Gasteiger charge is -2.11. The quantitative estimate of drug-likeness (QED) is 0.448. The van der Waals surface area contributed by atoms with Gasteiger partial charge in [-0.15, -0.1) is 0 Å². The van der Waals surface area contributed by atoms with Crippen LogP contribution >= 0.6 is 0 Å². The van der Waals surface area contributed by atoms with E-state index in [1.807, 2.05) is 13.0 Å². The third kappa shape index (κ3) is 2.50. The Morgan fingerprint density at radius 3 is 2.42 bits per heavy atom. The van der Waals surface area contributed by atoms with Crippen LogP contribution in [0.4, 0.5) is 0 Å². The van der Waals surface area contributed by atoms with Crippen LogP contribution in [0.2, 0.25) is 0 Å². The lowest BCUT2D eigenvalue weighted by atomic mass is 9.96. The van der Waals surface area contributed by atoms with Gasteiger partial charge in [0.25, 0.3) is 0 Å². The highest BCUT2D eigenvalue weighted by Crippen LogP contribution is 2.36. The third-order valence-corrected chi connectivity index (χ3v) is 5.25. The smallest absolute Gasteiger partial charge is 0.227 e. The summed E-state index contributed by atoms with van der Waals surface area (Å²) in [5.41, 5.74) is 8.83.